The van der Waals surface area contributed by atoms with Crippen LogP contribution in [0.4, 0.5) is 9.59 Å². The highest BCUT2D eigenvalue weighted by Gasteiger charge is 2.08. The molecule has 0 N–H and O–H groups in total. The average Bonchev–Trinajstić information content (AvgIpc) is 3.01. The molecule has 2 rings (SSSR count). The van der Waals surface area contributed by atoms with Crippen LogP contribution in [0.25, 0.3) is 11.1 Å². The van der Waals surface area contributed by atoms with E-state index < -0.39 is 0 Å². The van der Waals surface area contributed by atoms with Gasteiger partial charge in [0.1, 0.15) is 0 Å². The molecule has 234 valence electrons. The van der Waals surface area contributed by atoms with Crippen molar-refractivity contribution in [1.82, 2.24) is 0 Å². The molecule has 0 heterocycles. The van der Waals surface area contributed by atoms with Gasteiger partial charge < -0.3 is 9.47 Å². The van der Waals surface area contributed by atoms with Gasteiger partial charge in [-0.25, -0.2) is 9.59 Å². The van der Waals surface area contributed by atoms with Gasteiger partial charge >= 0.3 is 10.6 Å². The molecule has 2 aromatic carbocycles. The minimum absolute atomic E-state index is 0.227. The molecule has 4 nitrogen and oxygen atoms in total. The predicted octanol–water partition coefficient (Wildman–Crippen LogP) is 13.4. The molecule has 0 atom stereocenters. The third-order valence-corrected chi connectivity index (χ3v) is 11.0. The van der Waals surface area contributed by atoms with Crippen LogP contribution in [0.1, 0.15) is 117 Å². The van der Waals surface area contributed by atoms with E-state index in [-0.39, 0.29) is 10.6 Å². The van der Waals surface area contributed by atoms with Crippen molar-refractivity contribution in [2.75, 3.05) is 13.2 Å². The van der Waals surface area contributed by atoms with E-state index in [1.807, 2.05) is 24.3 Å². The summed E-state index contributed by atoms with van der Waals surface area (Å²) in [5.74, 6) is 0. The summed E-state index contributed by atoms with van der Waals surface area (Å²) in [6.07, 6.45) is 19.7. The van der Waals surface area contributed by atoms with E-state index >= 15 is 0 Å². The molecular formula is C34H50O4S4. The highest BCUT2D eigenvalue weighted by molar-refractivity contribution is 8.82. The fourth-order valence-corrected chi connectivity index (χ4v) is 7.43. The van der Waals surface area contributed by atoms with Gasteiger partial charge in [0.05, 0.1) is 13.2 Å². The van der Waals surface area contributed by atoms with Gasteiger partial charge in [0.25, 0.3) is 0 Å². The number of rotatable bonds is 23. The molecule has 0 saturated heterocycles. The van der Waals surface area contributed by atoms with Gasteiger partial charge in [0.2, 0.25) is 0 Å². The summed E-state index contributed by atoms with van der Waals surface area (Å²) < 4.78 is 10.7. The summed E-state index contributed by atoms with van der Waals surface area (Å²) in [4.78, 5) is 26.1. The van der Waals surface area contributed by atoms with Crippen LogP contribution in [0.15, 0.2) is 58.3 Å². The summed E-state index contributed by atoms with van der Waals surface area (Å²) in [5.41, 5.74) is 2.21. The number of carbonyl (C=O) groups excluding carboxylic acids is 2. The Morgan fingerprint density at radius 2 is 0.786 bits per heavy atom. The Labute approximate surface area is 270 Å². The third-order valence-electron chi connectivity index (χ3n) is 6.89. The molecule has 42 heavy (non-hydrogen) atoms. The highest BCUT2D eigenvalue weighted by Crippen LogP contribution is 2.36. The van der Waals surface area contributed by atoms with Crippen LogP contribution >= 0.6 is 43.2 Å². The molecule has 0 aliphatic heterocycles. The molecule has 0 fully saturated rings. The predicted molar refractivity (Wildman–Crippen MR) is 187 cm³/mol. The number of hydrogen-bond donors (Lipinski definition) is 0. The van der Waals surface area contributed by atoms with Crippen molar-refractivity contribution in [3.63, 3.8) is 0 Å². The first kappa shape index (κ1) is 37.0. The minimum atomic E-state index is -0.227. The molecule has 0 radical (unpaired) electrons. The van der Waals surface area contributed by atoms with E-state index in [2.05, 4.69) is 38.1 Å². The van der Waals surface area contributed by atoms with Gasteiger partial charge in [-0.15, -0.1) is 0 Å². The Kier molecular flexibility index (Phi) is 22.1. The van der Waals surface area contributed by atoms with E-state index in [4.69, 9.17) is 9.47 Å². The standard InChI is InChI=1S/C34H50O4S4/c1-3-5-7-9-11-13-15-17-27-37-33(35)41-39-31-23-19-29(20-24-31)30-21-25-32(26-22-30)40-42-34(36)38-28-18-16-14-12-10-8-6-4-2/h19-26H,3-18,27-28H2,1-2H3. The fourth-order valence-electron chi connectivity index (χ4n) is 4.40. The maximum Gasteiger partial charge on any atom is 0.378 e. The summed E-state index contributed by atoms with van der Waals surface area (Å²) >= 11 is 0. The SMILES string of the molecule is CCCCCCCCCCOC(=O)SSc1ccc(-c2ccc(SSC(=O)OCCCCCCCCCC)cc2)cc1. The van der Waals surface area contributed by atoms with Crippen LogP contribution in [0.5, 0.6) is 0 Å². The number of carbonyl (C=O) groups is 2. The van der Waals surface area contributed by atoms with E-state index in [0.29, 0.717) is 13.2 Å². The Morgan fingerprint density at radius 3 is 1.12 bits per heavy atom. The maximum absolute atomic E-state index is 12.1. The molecule has 0 amide bonds. The average molecular weight is 651 g/mol. The van der Waals surface area contributed by atoms with Crippen molar-refractivity contribution < 1.29 is 19.1 Å². The lowest BCUT2D eigenvalue weighted by molar-refractivity contribution is 0.172. The Hall–Kier alpha value is -1.22. The van der Waals surface area contributed by atoms with Crippen LogP contribution in [0.2, 0.25) is 0 Å². The van der Waals surface area contributed by atoms with Gasteiger partial charge in [0, 0.05) is 31.4 Å². The van der Waals surface area contributed by atoms with Gasteiger partial charge in [-0.1, -0.05) is 128 Å². The van der Waals surface area contributed by atoms with Crippen molar-refractivity contribution in [2.24, 2.45) is 0 Å². The highest BCUT2D eigenvalue weighted by atomic mass is 33.1. The minimum Gasteiger partial charge on any atom is -0.457 e. The molecule has 0 unspecified atom stereocenters. The Balaban J connectivity index is 1.56. The molecule has 2 aromatic rings. The number of ether oxygens (including phenoxy) is 2. The zero-order valence-electron chi connectivity index (χ0n) is 25.6. The van der Waals surface area contributed by atoms with Gasteiger partial charge in [-0.05, 0) is 69.8 Å². The van der Waals surface area contributed by atoms with Crippen molar-refractivity contribution in [1.29, 1.82) is 0 Å². The van der Waals surface area contributed by atoms with Crippen molar-refractivity contribution >= 4 is 53.8 Å². The Morgan fingerprint density at radius 1 is 0.476 bits per heavy atom. The van der Waals surface area contributed by atoms with Gasteiger partial charge in [-0.3, -0.25) is 0 Å². The van der Waals surface area contributed by atoms with Crippen LogP contribution in [0, 0.1) is 0 Å². The quantitative estimate of drug-likeness (QED) is 0.0669. The monoisotopic (exact) mass is 650 g/mol. The third kappa shape index (κ3) is 18.4. The van der Waals surface area contributed by atoms with Crippen molar-refractivity contribution in [3.05, 3.63) is 48.5 Å². The largest absolute Gasteiger partial charge is 0.457 e. The fraction of sp³-hybridized carbons (Fsp3) is 0.588. The number of unbranched alkanes of at least 4 members (excludes halogenated alkanes) is 14. The van der Waals surface area contributed by atoms with Crippen LogP contribution < -0.4 is 0 Å². The second kappa shape index (κ2) is 25.1. The maximum atomic E-state index is 12.1. The molecular weight excluding hydrogens is 601 g/mol. The molecule has 0 bridgehead atoms. The zero-order chi connectivity index (χ0) is 30.1. The van der Waals surface area contributed by atoms with E-state index in [0.717, 1.165) is 68.2 Å². The zero-order valence-corrected chi connectivity index (χ0v) is 28.9. The van der Waals surface area contributed by atoms with Crippen molar-refractivity contribution in [3.8, 4) is 11.1 Å². The normalized spacial score (nSPS) is 11.0. The van der Waals surface area contributed by atoms with E-state index in [9.17, 15) is 9.59 Å². The van der Waals surface area contributed by atoms with E-state index in [1.54, 1.807) is 0 Å². The lowest BCUT2D eigenvalue weighted by Crippen LogP contribution is -1.98. The molecule has 0 spiro atoms. The van der Waals surface area contributed by atoms with Gasteiger partial charge in [0.15, 0.2) is 0 Å². The molecule has 0 aromatic heterocycles. The first-order valence-corrected chi connectivity index (χ1v) is 20.2. The van der Waals surface area contributed by atoms with Crippen LogP contribution in [-0.2, 0) is 9.47 Å². The second-order valence-electron chi connectivity index (χ2n) is 10.5. The molecule has 8 heteroatoms. The second-order valence-corrected chi connectivity index (χ2v) is 14.8. The Bertz CT molecular complexity index is 887. The smallest absolute Gasteiger partial charge is 0.378 e. The molecule has 0 aliphatic rings. The summed E-state index contributed by atoms with van der Waals surface area (Å²) in [6, 6.07) is 16.4. The summed E-state index contributed by atoms with van der Waals surface area (Å²) in [6.45, 7) is 5.49. The van der Waals surface area contributed by atoms with Crippen LogP contribution in [-0.4, -0.2) is 23.8 Å². The molecule has 0 saturated carbocycles. The van der Waals surface area contributed by atoms with Gasteiger partial charge in [-0.2, -0.15) is 0 Å². The van der Waals surface area contributed by atoms with Crippen LogP contribution in [0.3, 0.4) is 0 Å². The lowest BCUT2D eigenvalue weighted by Gasteiger charge is -2.07. The lowest BCUT2D eigenvalue weighted by atomic mass is 10.1. The number of hydrogen-bond acceptors (Lipinski definition) is 8. The first-order chi connectivity index (χ1) is 20.6. The van der Waals surface area contributed by atoms with E-state index in [1.165, 1.54) is 98.6 Å². The summed E-state index contributed by atoms with van der Waals surface area (Å²) in [7, 11) is 5.14. The summed E-state index contributed by atoms with van der Waals surface area (Å²) in [5, 5.41) is -0.454. The molecule has 0 aliphatic carbocycles. The number of benzene rings is 2. The topological polar surface area (TPSA) is 52.6 Å². The van der Waals surface area contributed by atoms with Crippen molar-refractivity contribution in [2.45, 2.75) is 126 Å². The first-order valence-electron chi connectivity index (χ1n) is 15.9.